The first-order chi connectivity index (χ1) is 11.8. The summed E-state index contributed by atoms with van der Waals surface area (Å²) in [6, 6.07) is 12.7. The SMILES string of the molecule is CN(C)S(=O)(=O)c1ccc2c(c1)CCN2C(=O)Cc1cccc(Br)c1. The lowest BCUT2D eigenvalue weighted by Crippen LogP contribution is -2.30. The molecule has 0 N–H and O–H groups in total. The molecule has 2 aromatic carbocycles. The molecule has 0 saturated heterocycles. The standard InChI is InChI=1S/C18H19BrN2O3S/c1-20(2)25(23,24)16-6-7-17-14(12-16)8-9-21(17)18(22)11-13-4-3-5-15(19)10-13/h3-7,10,12H,8-9,11H2,1-2H3. The van der Waals surface area contributed by atoms with Gasteiger partial charge in [-0.1, -0.05) is 28.1 Å². The number of hydrogen-bond acceptors (Lipinski definition) is 3. The van der Waals surface area contributed by atoms with Crippen LogP contribution in [-0.4, -0.2) is 39.3 Å². The summed E-state index contributed by atoms with van der Waals surface area (Å²) in [6.07, 6.45) is 0.979. The number of hydrogen-bond donors (Lipinski definition) is 0. The lowest BCUT2D eigenvalue weighted by molar-refractivity contribution is -0.117. The molecule has 132 valence electrons. The smallest absolute Gasteiger partial charge is 0.242 e. The van der Waals surface area contributed by atoms with Crippen molar-refractivity contribution in [1.82, 2.24) is 4.31 Å². The van der Waals surface area contributed by atoms with Gasteiger partial charge in [-0.05, 0) is 47.9 Å². The molecule has 0 bridgehead atoms. The summed E-state index contributed by atoms with van der Waals surface area (Å²) in [6.45, 7) is 0.577. The normalized spacial score (nSPS) is 14.0. The zero-order chi connectivity index (χ0) is 18.2. The van der Waals surface area contributed by atoms with Gasteiger partial charge in [0.1, 0.15) is 0 Å². The first kappa shape index (κ1) is 18.1. The predicted octanol–water partition coefficient (Wildman–Crippen LogP) is 2.83. The van der Waals surface area contributed by atoms with Crippen LogP contribution in [0.1, 0.15) is 11.1 Å². The highest BCUT2D eigenvalue weighted by Gasteiger charge is 2.27. The van der Waals surface area contributed by atoms with E-state index in [0.29, 0.717) is 19.4 Å². The number of carbonyl (C=O) groups excluding carboxylic acids is 1. The average molecular weight is 423 g/mol. The van der Waals surface area contributed by atoms with Crippen molar-refractivity contribution in [2.45, 2.75) is 17.7 Å². The molecule has 0 unspecified atom stereocenters. The highest BCUT2D eigenvalue weighted by molar-refractivity contribution is 9.10. The Bertz CT molecular complexity index is 926. The Labute approximate surface area is 156 Å². The molecule has 25 heavy (non-hydrogen) atoms. The van der Waals surface area contributed by atoms with Crippen molar-refractivity contribution in [3.63, 3.8) is 0 Å². The maximum Gasteiger partial charge on any atom is 0.242 e. The summed E-state index contributed by atoms with van der Waals surface area (Å²) in [5, 5.41) is 0. The Kier molecular flexibility index (Phi) is 4.99. The molecular formula is C18H19BrN2O3S. The summed E-state index contributed by atoms with van der Waals surface area (Å²) in [7, 11) is -0.444. The van der Waals surface area contributed by atoms with Gasteiger partial charge in [-0.2, -0.15) is 0 Å². The van der Waals surface area contributed by atoms with Gasteiger partial charge < -0.3 is 4.90 Å². The van der Waals surface area contributed by atoms with Crippen molar-refractivity contribution in [1.29, 1.82) is 0 Å². The molecule has 0 aromatic heterocycles. The summed E-state index contributed by atoms with van der Waals surface area (Å²) in [4.78, 5) is 14.7. The number of amides is 1. The molecular weight excluding hydrogens is 404 g/mol. The maximum atomic E-state index is 12.7. The summed E-state index contributed by atoms with van der Waals surface area (Å²) < 4.78 is 26.7. The minimum absolute atomic E-state index is 0.0140. The Morgan fingerprint density at radius 1 is 1.20 bits per heavy atom. The molecule has 0 fully saturated rings. The number of rotatable bonds is 4. The lowest BCUT2D eigenvalue weighted by Gasteiger charge is -2.18. The van der Waals surface area contributed by atoms with Crippen LogP contribution in [0.25, 0.3) is 0 Å². The van der Waals surface area contributed by atoms with E-state index in [-0.39, 0.29) is 10.8 Å². The Morgan fingerprint density at radius 3 is 2.64 bits per heavy atom. The number of benzene rings is 2. The maximum absolute atomic E-state index is 12.7. The van der Waals surface area contributed by atoms with E-state index in [9.17, 15) is 13.2 Å². The van der Waals surface area contributed by atoms with Gasteiger partial charge in [0.15, 0.2) is 0 Å². The molecule has 1 heterocycles. The van der Waals surface area contributed by atoms with Crippen molar-refractivity contribution in [3.05, 3.63) is 58.1 Å². The van der Waals surface area contributed by atoms with Crippen LogP contribution in [0.2, 0.25) is 0 Å². The van der Waals surface area contributed by atoms with Crippen LogP contribution in [0.5, 0.6) is 0 Å². The summed E-state index contributed by atoms with van der Waals surface area (Å²) >= 11 is 3.41. The van der Waals surface area contributed by atoms with Gasteiger partial charge in [-0.15, -0.1) is 0 Å². The molecule has 0 radical (unpaired) electrons. The quantitative estimate of drug-likeness (QED) is 0.760. The average Bonchev–Trinajstić information content (AvgIpc) is 2.97. The zero-order valence-electron chi connectivity index (χ0n) is 14.1. The highest BCUT2D eigenvalue weighted by atomic mass is 79.9. The van der Waals surface area contributed by atoms with E-state index in [2.05, 4.69) is 15.9 Å². The monoisotopic (exact) mass is 422 g/mol. The Hall–Kier alpha value is -1.70. The molecule has 7 heteroatoms. The molecule has 0 atom stereocenters. The van der Waals surface area contributed by atoms with Crippen molar-refractivity contribution in [3.8, 4) is 0 Å². The van der Waals surface area contributed by atoms with E-state index < -0.39 is 10.0 Å². The second-order valence-electron chi connectivity index (χ2n) is 6.18. The summed E-state index contributed by atoms with van der Waals surface area (Å²) in [5.74, 6) is 0.0140. The molecule has 1 aliphatic heterocycles. The molecule has 5 nitrogen and oxygen atoms in total. The van der Waals surface area contributed by atoms with Gasteiger partial charge in [0.2, 0.25) is 15.9 Å². The van der Waals surface area contributed by atoms with Crippen LogP contribution in [0.3, 0.4) is 0 Å². The Balaban J connectivity index is 1.84. The number of carbonyl (C=O) groups is 1. The van der Waals surface area contributed by atoms with Gasteiger partial charge in [0, 0.05) is 30.8 Å². The molecule has 0 saturated carbocycles. The number of anilines is 1. The minimum atomic E-state index is -3.46. The lowest BCUT2D eigenvalue weighted by atomic mass is 10.1. The molecule has 0 spiro atoms. The van der Waals surface area contributed by atoms with E-state index in [0.717, 1.165) is 21.3 Å². The Morgan fingerprint density at radius 2 is 1.96 bits per heavy atom. The van der Waals surface area contributed by atoms with Crippen molar-refractivity contribution in [2.24, 2.45) is 0 Å². The van der Waals surface area contributed by atoms with Gasteiger partial charge in [-0.25, -0.2) is 12.7 Å². The highest BCUT2D eigenvalue weighted by Crippen LogP contribution is 2.31. The van der Waals surface area contributed by atoms with Gasteiger partial charge in [0.05, 0.1) is 11.3 Å². The van der Waals surface area contributed by atoms with E-state index in [1.54, 1.807) is 23.1 Å². The molecule has 1 amide bonds. The number of fused-ring (bicyclic) bond motifs is 1. The van der Waals surface area contributed by atoms with Crippen LogP contribution in [-0.2, 0) is 27.7 Å². The molecule has 0 aliphatic carbocycles. The van der Waals surface area contributed by atoms with Crippen LogP contribution in [0, 0.1) is 0 Å². The van der Waals surface area contributed by atoms with Gasteiger partial charge in [-0.3, -0.25) is 4.79 Å². The van der Waals surface area contributed by atoms with E-state index in [1.165, 1.54) is 18.4 Å². The third-order valence-corrected chi connectivity index (χ3v) is 6.57. The number of halogens is 1. The molecule has 3 rings (SSSR count). The topological polar surface area (TPSA) is 57.7 Å². The fourth-order valence-electron chi connectivity index (χ4n) is 2.93. The number of nitrogens with zero attached hydrogens (tertiary/aromatic N) is 2. The first-order valence-corrected chi connectivity index (χ1v) is 10.1. The third-order valence-electron chi connectivity index (χ3n) is 4.27. The van der Waals surface area contributed by atoms with Crippen molar-refractivity contribution >= 4 is 37.5 Å². The van der Waals surface area contributed by atoms with Crippen LogP contribution >= 0.6 is 15.9 Å². The third kappa shape index (κ3) is 3.63. The molecule has 2 aromatic rings. The molecule has 1 aliphatic rings. The van der Waals surface area contributed by atoms with E-state index in [4.69, 9.17) is 0 Å². The van der Waals surface area contributed by atoms with Gasteiger partial charge in [0.25, 0.3) is 0 Å². The van der Waals surface area contributed by atoms with Gasteiger partial charge >= 0.3 is 0 Å². The zero-order valence-corrected chi connectivity index (χ0v) is 16.5. The number of sulfonamides is 1. The second-order valence-corrected chi connectivity index (χ2v) is 9.25. The largest absolute Gasteiger partial charge is 0.312 e. The van der Waals surface area contributed by atoms with E-state index in [1.807, 2.05) is 24.3 Å². The van der Waals surface area contributed by atoms with E-state index >= 15 is 0 Å². The van der Waals surface area contributed by atoms with Crippen LogP contribution in [0.15, 0.2) is 51.8 Å². The fraction of sp³-hybridized carbons (Fsp3) is 0.278. The summed E-state index contributed by atoms with van der Waals surface area (Å²) in [5.41, 5.74) is 2.64. The second kappa shape index (κ2) is 6.90. The minimum Gasteiger partial charge on any atom is -0.312 e. The van der Waals surface area contributed by atoms with Crippen molar-refractivity contribution < 1.29 is 13.2 Å². The first-order valence-electron chi connectivity index (χ1n) is 7.89. The predicted molar refractivity (Wildman–Crippen MR) is 101 cm³/mol. The van der Waals surface area contributed by atoms with Crippen LogP contribution < -0.4 is 4.90 Å². The van der Waals surface area contributed by atoms with Crippen molar-refractivity contribution in [2.75, 3.05) is 25.5 Å². The van der Waals surface area contributed by atoms with Crippen LogP contribution in [0.4, 0.5) is 5.69 Å². The fourth-order valence-corrected chi connectivity index (χ4v) is 4.32.